The molecule has 0 unspecified atom stereocenters. The fourth-order valence-electron chi connectivity index (χ4n) is 3.54. The summed E-state index contributed by atoms with van der Waals surface area (Å²) in [6.45, 7) is 8.04. The number of esters is 1. The van der Waals surface area contributed by atoms with E-state index in [1.165, 1.54) is 6.26 Å². The van der Waals surface area contributed by atoms with Gasteiger partial charge in [-0.2, -0.15) is 0 Å². The molecule has 1 fully saturated rings. The van der Waals surface area contributed by atoms with Crippen LogP contribution >= 0.6 is 0 Å². The molecule has 1 amide bonds. The standard InChI is InChI=1S/C14H17NO3.C14H18O3.C8H8O/c16-14(15-7-10-17-11-8-15)12-18-9-6-13-4-2-1-3-5-13;1-14(2,3)17-13(15)11-16-10-9-12-7-5-4-6-8-12;9-7-6-8-4-2-1-3-5-8/h1-6,9H,7-8,10-12H2;4-10H,11H2,1-3H3;1-7,9H. The Hall–Kier alpha value is -4.82. The fraction of sp³-hybridized carbons (Fsp3) is 0.278. The van der Waals surface area contributed by atoms with Gasteiger partial charge in [-0.25, -0.2) is 4.79 Å². The minimum Gasteiger partial charge on any atom is -0.516 e. The zero-order chi connectivity index (χ0) is 31.9. The number of aliphatic hydroxyl groups is 1. The Morgan fingerprint density at radius 3 is 1.59 bits per heavy atom. The Balaban J connectivity index is 0.000000243. The molecule has 4 rings (SSSR count). The SMILES string of the molecule is CC(C)(C)OC(=O)COC=Cc1ccccc1.O=C(COC=Cc1ccccc1)N1CCOCC1.OC=Cc1ccccc1. The molecular weight excluding hydrogens is 558 g/mol. The number of rotatable bonds is 9. The van der Waals surface area contributed by atoms with E-state index in [0.717, 1.165) is 23.0 Å². The van der Waals surface area contributed by atoms with Gasteiger partial charge in [0.1, 0.15) is 5.60 Å². The maximum Gasteiger partial charge on any atom is 0.344 e. The molecule has 1 N–H and O–H groups in total. The van der Waals surface area contributed by atoms with Crippen molar-refractivity contribution in [2.45, 2.75) is 26.4 Å². The van der Waals surface area contributed by atoms with Crippen molar-refractivity contribution < 1.29 is 33.6 Å². The lowest BCUT2D eigenvalue weighted by molar-refractivity contribution is -0.158. The van der Waals surface area contributed by atoms with E-state index in [1.54, 1.807) is 23.3 Å². The van der Waals surface area contributed by atoms with Gasteiger partial charge in [0.15, 0.2) is 13.2 Å². The summed E-state index contributed by atoms with van der Waals surface area (Å²) in [6, 6.07) is 29.2. The Kier molecular flexibility index (Phi) is 16.9. The molecule has 234 valence electrons. The van der Waals surface area contributed by atoms with Gasteiger partial charge in [0.25, 0.3) is 5.91 Å². The van der Waals surface area contributed by atoms with Gasteiger partial charge in [-0.3, -0.25) is 4.79 Å². The summed E-state index contributed by atoms with van der Waals surface area (Å²) < 4.78 is 20.6. The summed E-state index contributed by atoms with van der Waals surface area (Å²) >= 11 is 0. The highest BCUT2D eigenvalue weighted by atomic mass is 16.6. The number of amides is 1. The number of carbonyl (C=O) groups is 2. The molecule has 0 bridgehead atoms. The lowest BCUT2D eigenvalue weighted by atomic mass is 10.2. The second kappa shape index (κ2) is 21.0. The van der Waals surface area contributed by atoms with Crippen LogP contribution in [0.3, 0.4) is 0 Å². The first-order valence-corrected chi connectivity index (χ1v) is 14.4. The molecule has 0 aromatic heterocycles. The number of carbonyl (C=O) groups excluding carboxylic acids is 2. The molecular formula is C36H43NO7. The van der Waals surface area contributed by atoms with E-state index in [2.05, 4.69) is 0 Å². The van der Waals surface area contributed by atoms with Crippen LogP contribution in [0.15, 0.2) is 110 Å². The topological polar surface area (TPSA) is 94.5 Å². The predicted molar refractivity (Wildman–Crippen MR) is 174 cm³/mol. The van der Waals surface area contributed by atoms with E-state index in [4.69, 9.17) is 24.1 Å². The Morgan fingerprint density at radius 1 is 0.727 bits per heavy atom. The number of ether oxygens (including phenoxy) is 4. The monoisotopic (exact) mass is 601 g/mol. The van der Waals surface area contributed by atoms with Crippen LogP contribution in [0.25, 0.3) is 18.2 Å². The Bertz CT molecular complexity index is 1280. The summed E-state index contributed by atoms with van der Waals surface area (Å²) in [5.41, 5.74) is 2.62. The highest BCUT2D eigenvalue weighted by Gasteiger charge is 2.16. The third-order valence-corrected chi connectivity index (χ3v) is 5.57. The molecule has 0 spiro atoms. The van der Waals surface area contributed by atoms with Gasteiger partial charge in [-0.15, -0.1) is 0 Å². The third kappa shape index (κ3) is 17.2. The molecule has 1 heterocycles. The van der Waals surface area contributed by atoms with Gasteiger partial charge in [0, 0.05) is 13.1 Å². The van der Waals surface area contributed by atoms with Crippen LogP contribution in [0.2, 0.25) is 0 Å². The smallest absolute Gasteiger partial charge is 0.344 e. The molecule has 3 aromatic rings. The van der Waals surface area contributed by atoms with Gasteiger partial charge >= 0.3 is 5.97 Å². The fourth-order valence-corrected chi connectivity index (χ4v) is 3.54. The highest BCUT2D eigenvalue weighted by Crippen LogP contribution is 2.07. The highest BCUT2D eigenvalue weighted by molar-refractivity contribution is 5.77. The van der Waals surface area contributed by atoms with Gasteiger partial charge in [0.2, 0.25) is 0 Å². The van der Waals surface area contributed by atoms with Crippen LogP contribution in [0.5, 0.6) is 0 Å². The quantitative estimate of drug-likeness (QED) is 0.214. The molecule has 0 radical (unpaired) electrons. The summed E-state index contributed by atoms with van der Waals surface area (Å²) in [5, 5.41) is 8.34. The van der Waals surface area contributed by atoms with Crippen molar-refractivity contribution in [3.63, 3.8) is 0 Å². The zero-order valence-electron chi connectivity index (χ0n) is 25.7. The average Bonchev–Trinajstić information content (AvgIpc) is 3.03. The largest absolute Gasteiger partial charge is 0.516 e. The van der Waals surface area contributed by atoms with Crippen molar-refractivity contribution >= 4 is 30.1 Å². The molecule has 1 aliphatic heterocycles. The average molecular weight is 602 g/mol. The predicted octanol–water partition coefficient (Wildman–Crippen LogP) is 6.76. The van der Waals surface area contributed by atoms with Crippen LogP contribution in [0, 0.1) is 0 Å². The molecule has 1 aliphatic rings. The van der Waals surface area contributed by atoms with Gasteiger partial charge in [-0.1, -0.05) is 91.0 Å². The summed E-state index contributed by atoms with van der Waals surface area (Å²) in [4.78, 5) is 24.8. The zero-order valence-corrected chi connectivity index (χ0v) is 25.7. The van der Waals surface area contributed by atoms with Gasteiger partial charge in [0.05, 0.1) is 32.0 Å². The Labute approximate surface area is 260 Å². The van der Waals surface area contributed by atoms with Crippen LogP contribution in [0.1, 0.15) is 37.5 Å². The molecule has 44 heavy (non-hydrogen) atoms. The summed E-state index contributed by atoms with van der Waals surface area (Å²) in [5.74, 6) is -0.355. The minimum absolute atomic E-state index is 0.0102. The number of morpholine rings is 1. The number of benzene rings is 3. The second-order valence-electron chi connectivity index (χ2n) is 10.4. The van der Waals surface area contributed by atoms with E-state index in [0.29, 0.717) is 26.3 Å². The van der Waals surface area contributed by atoms with Gasteiger partial charge in [-0.05, 0) is 55.7 Å². The first-order valence-electron chi connectivity index (χ1n) is 14.4. The number of aliphatic hydroxyl groups excluding tert-OH is 1. The second-order valence-corrected chi connectivity index (χ2v) is 10.4. The van der Waals surface area contributed by atoms with Crippen molar-refractivity contribution in [1.82, 2.24) is 4.90 Å². The van der Waals surface area contributed by atoms with Crippen LogP contribution < -0.4 is 0 Å². The summed E-state index contributed by atoms with van der Waals surface area (Å²) in [7, 11) is 0. The molecule has 3 aromatic carbocycles. The Morgan fingerprint density at radius 2 is 1.16 bits per heavy atom. The molecule has 8 nitrogen and oxygen atoms in total. The lowest BCUT2D eigenvalue weighted by Crippen LogP contribution is -2.42. The van der Waals surface area contributed by atoms with Crippen molar-refractivity contribution in [2.24, 2.45) is 0 Å². The first-order chi connectivity index (χ1) is 21.3. The van der Waals surface area contributed by atoms with E-state index in [-0.39, 0.29) is 25.1 Å². The molecule has 0 atom stereocenters. The molecule has 1 saturated heterocycles. The first kappa shape index (κ1) is 35.4. The van der Waals surface area contributed by atoms with Crippen molar-refractivity contribution in [2.75, 3.05) is 39.5 Å². The minimum atomic E-state index is -0.469. The third-order valence-electron chi connectivity index (χ3n) is 5.57. The van der Waals surface area contributed by atoms with E-state index < -0.39 is 5.60 Å². The van der Waals surface area contributed by atoms with Gasteiger partial charge < -0.3 is 29.0 Å². The maximum absolute atomic E-state index is 11.7. The van der Waals surface area contributed by atoms with E-state index in [1.807, 2.05) is 118 Å². The molecule has 8 heteroatoms. The maximum atomic E-state index is 11.7. The van der Waals surface area contributed by atoms with Crippen LogP contribution in [0.4, 0.5) is 0 Å². The normalized spacial score (nSPS) is 13.0. The van der Waals surface area contributed by atoms with Crippen LogP contribution in [-0.4, -0.2) is 67.0 Å². The van der Waals surface area contributed by atoms with E-state index in [9.17, 15) is 9.59 Å². The lowest BCUT2D eigenvalue weighted by Gasteiger charge is -2.26. The number of hydrogen-bond acceptors (Lipinski definition) is 7. The molecule has 0 saturated carbocycles. The van der Waals surface area contributed by atoms with Crippen LogP contribution in [-0.2, 0) is 28.5 Å². The van der Waals surface area contributed by atoms with Crippen molar-refractivity contribution in [3.8, 4) is 0 Å². The number of hydrogen-bond donors (Lipinski definition) is 1. The van der Waals surface area contributed by atoms with Crippen molar-refractivity contribution in [3.05, 3.63) is 126 Å². The van der Waals surface area contributed by atoms with E-state index >= 15 is 0 Å². The number of nitrogens with zero attached hydrogens (tertiary/aromatic N) is 1. The molecule has 0 aliphatic carbocycles. The summed E-state index contributed by atoms with van der Waals surface area (Å²) in [6.07, 6.45) is 9.37. The van der Waals surface area contributed by atoms with Crippen molar-refractivity contribution in [1.29, 1.82) is 0 Å².